The zero-order valence-electron chi connectivity index (χ0n) is 11.6. The van der Waals surface area contributed by atoms with Crippen LogP contribution >= 0.6 is 34.8 Å². The van der Waals surface area contributed by atoms with Gasteiger partial charge in [-0.25, -0.2) is 0 Å². The Morgan fingerprint density at radius 2 is 1.76 bits per heavy atom. The summed E-state index contributed by atoms with van der Waals surface area (Å²) in [5.74, 6) is -0.102. The van der Waals surface area contributed by atoms with E-state index in [0.29, 0.717) is 23.6 Å². The number of ketones is 1. The van der Waals surface area contributed by atoms with Crippen molar-refractivity contribution in [3.8, 4) is 0 Å². The van der Waals surface area contributed by atoms with Crippen molar-refractivity contribution >= 4 is 52.5 Å². The Bertz CT molecular complexity index is 640. The van der Waals surface area contributed by atoms with Crippen LogP contribution in [-0.4, -0.2) is 17.1 Å². The molecule has 0 bridgehead atoms. The summed E-state index contributed by atoms with van der Waals surface area (Å²) in [6, 6.07) is 3.03. The first-order valence-corrected chi connectivity index (χ1v) is 7.47. The molecule has 2 rings (SSSR count). The molecular weight excluding hydrogens is 333 g/mol. The molecule has 21 heavy (non-hydrogen) atoms. The molecule has 0 aliphatic heterocycles. The minimum absolute atomic E-state index is 0.0428. The summed E-state index contributed by atoms with van der Waals surface area (Å²) in [6.45, 7) is 3.87. The molecule has 0 radical (unpaired) electrons. The van der Waals surface area contributed by atoms with E-state index >= 15 is 0 Å². The molecule has 1 N–H and O–H groups in total. The number of Topliss-reactive ketones (excluding diaryl/α,β-unsaturated/α-hetero) is 1. The molecule has 1 aromatic carbocycles. The van der Waals surface area contributed by atoms with E-state index in [1.807, 2.05) is 13.8 Å². The van der Waals surface area contributed by atoms with Crippen LogP contribution in [0.25, 0.3) is 0 Å². The van der Waals surface area contributed by atoms with Crippen LogP contribution in [0.5, 0.6) is 0 Å². The van der Waals surface area contributed by atoms with Gasteiger partial charge < -0.3 is 5.11 Å². The van der Waals surface area contributed by atoms with E-state index in [2.05, 4.69) is 4.99 Å². The highest BCUT2D eigenvalue weighted by Gasteiger charge is 2.32. The van der Waals surface area contributed by atoms with Gasteiger partial charge >= 0.3 is 0 Å². The third kappa shape index (κ3) is 3.79. The molecule has 0 fully saturated rings. The smallest absolute Gasteiger partial charge is 0.168 e. The van der Waals surface area contributed by atoms with Gasteiger partial charge in [0, 0.05) is 24.1 Å². The lowest BCUT2D eigenvalue weighted by molar-refractivity contribution is -0.117. The van der Waals surface area contributed by atoms with E-state index in [9.17, 15) is 9.90 Å². The summed E-state index contributed by atoms with van der Waals surface area (Å²) < 4.78 is 0. The van der Waals surface area contributed by atoms with Crippen LogP contribution in [0.15, 0.2) is 28.5 Å². The average Bonchev–Trinajstić information content (AvgIpc) is 2.29. The summed E-state index contributed by atoms with van der Waals surface area (Å²) in [5, 5.41) is 11.0. The number of aliphatic hydroxyl groups excluding tert-OH is 1. The third-order valence-electron chi connectivity index (χ3n) is 3.20. The molecular formula is C15H14Cl3NO2. The zero-order chi connectivity index (χ0) is 15.8. The Hall–Kier alpha value is -1.03. The first kappa shape index (κ1) is 16.3. The van der Waals surface area contributed by atoms with Crippen molar-refractivity contribution in [2.24, 2.45) is 10.4 Å². The normalized spacial score (nSPS) is 18.6. The maximum absolute atomic E-state index is 12.1. The van der Waals surface area contributed by atoms with E-state index < -0.39 is 0 Å². The molecule has 0 saturated carbocycles. The molecule has 0 unspecified atom stereocenters. The third-order valence-corrected chi connectivity index (χ3v) is 4.00. The van der Waals surface area contributed by atoms with Crippen molar-refractivity contribution < 1.29 is 9.90 Å². The number of aliphatic hydroxyl groups is 1. The van der Waals surface area contributed by atoms with Crippen LogP contribution in [0, 0.1) is 5.41 Å². The average molecular weight is 347 g/mol. The van der Waals surface area contributed by atoms with Crippen molar-refractivity contribution in [2.75, 3.05) is 0 Å². The minimum Gasteiger partial charge on any atom is -0.511 e. The van der Waals surface area contributed by atoms with E-state index in [-0.39, 0.29) is 32.6 Å². The van der Waals surface area contributed by atoms with E-state index in [4.69, 9.17) is 34.8 Å². The summed E-state index contributed by atoms with van der Waals surface area (Å²) in [6.07, 6.45) is 2.11. The van der Waals surface area contributed by atoms with Gasteiger partial charge in [-0.1, -0.05) is 48.7 Å². The number of carbonyl (C=O) groups excluding carboxylic acids is 1. The second kappa shape index (κ2) is 5.99. The standard InChI is InChI=1S/C15H14Cl3NO2/c1-15(2)5-12(20)9(13(21)6-15)7-19-14-10(17)3-8(16)4-11(14)18/h3-4,7,20H,5-6H2,1-2H3. The van der Waals surface area contributed by atoms with Gasteiger partial charge in [-0.05, 0) is 17.5 Å². The van der Waals surface area contributed by atoms with Gasteiger partial charge in [0.05, 0.1) is 15.6 Å². The highest BCUT2D eigenvalue weighted by molar-refractivity contribution is 6.41. The molecule has 6 heteroatoms. The summed E-state index contributed by atoms with van der Waals surface area (Å²) in [7, 11) is 0. The molecule has 0 amide bonds. The van der Waals surface area contributed by atoms with Crippen molar-refractivity contribution in [3.63, 3.8) is 0 Å². The number of aliphatic imine (C=N–C) groups is 1. The Labute approximate surface area is 138 Å². The van der Waals surface area contributed by atoms with Crippen molar-refractivity contribution in [1.82, 2.24) is 0 Å². The van der Waals surface area contributed by atoms with Gasteiger partial charge in [-0.15, -0.1) is 0 Å². The van der Waals surface area contributed by atoms with E-state index in [1.54, 1.807) is 0 Å². The number of benzene rings is 1. The van der Waals surface area contributed by atoms with Crippen molar-refractivity contribution in [1.29, 1.82) is 0 Å². The molecule has 0 saturated heterocycles. The minimum atomic E-state index is -0.242. The molecule has 0 atom stereocenters. The first-order chi connectivity index (χ1) is 9.69. The van der Waals surface area contributed by atoms with Crippen molar-refractivity contribution in [2.45, 2.75) is 26.7 Å². The van der Waals surface area contributed by atoms with E-state index in [1.165, 1.54) is 18.3 Å². The summed E-state index contributed by atoms with van der Waals surface area (Å²) in [5.41, 5.74) is 0.283. The molecule has 0 heterocycles. The number of carbonyl (C=O) groups is 1. The van der Waals surface area contributed by atoms with Crippen LogP contribution in [0.3, 0.4) is 0 Å². The number of hydrogen-bond acceptors (Lipinski definition) is 3. The van der Waals surface area contributed by atoms with Gasteiger partial charge in [-0.2, -0.15) is 0 Å². The number of halogens is 3. The Morgan fingerprint density at radius 1 is 1.19 bits per heavy atom. The molecule has 1 aliphatic carbocycles. The number of rotatable bonds is 2. The van der Waals surface area contributed by atoms with Crippen LogP contribution in [-0.2, 0) is 4.79 Å². The van der Waals surface area contributed by atoms with Gasteiger partial charge in [0.15, 0.2) is 5.78 Å². The van der Waals surface area contributed by atoms with Gasteiger partial charge in [0.25, 0.3) is 0 Å². The quantitative estimate of drug-likeness (QED) is 0.714. The van der Waals surface area contributed by atoms with Gasteiger partial charge in [0.2, 0.25) is 0 Å². The molecule has 0 aromatic heterocycles. The number of nitrogens with zero attached hydrogens (tertiary/aromatic N) is 1. The lowest BCUT2D eigenvalue weighted by Gasteiger charge is -2.28. The van der Waals surface area contributed by atoms with E-state index in [0.717, 1.165) is 0 Å². The second-order valence-corrected chi connectivity index (χ2v) is 7.03. The number of hydrogen-bond donors (Lipinski definition) is 1. The molecule has 3 nitrogen and oxygen atoms in total. The largest absolute Gasteiger partial charge is 0.511 e. The molecule has 1 aromatic rings. The lowest BCUT2D eigenvalue weighted by atomic mass is 9.77. The second-order valence-electron chi connectivity index (χ2n) is 5.78. The van der Waals surface area contributed by atoms with Crippen LogP contribution in [0.4, 0.5) is 5.69 Å². The molecule has 1 aliphatic rings. The Morgan fingerprint density at radius 3 is 2.29 bits per heavy atom. The Kier molecular flexibility index (Phi) is 4.66. The summed E-state index contributed by atoms with van der Waals surface area (Å²) in [4.78, 5) is 16.2. The molecule has 0 spiro atoms. The highest BCUT2D eigenvalue weighted by atomic mass is 35.5. The maximum atomic E-state index is 12.1. The van der Waals surface area contributed by atoms with Gasteiger partial charge in [0.1, 0.15) is 11.4 Å². The highest BCUT2D eigenvalue weighted by Crippen LogP contribution is 2.38. The SMILES string of the molecule is CC1(C)CC(=O)C(C=Nc2c(Cl)cc(Cl)cc2Cl)=C(O)C1. The predicted molar refractivity (Wildman–Crippen MR) is 87.3 cm³/mol. The van der Waals surface area contributed by atoms with Crippen LogP contribution < -0.4 is 0 Å². The fourth-order valence-corrected chi connectivity index (χ4v) is 3.15. The predicted octanol–water partition coefficient (Wildman–Crippen LogP) is 5.55. The zero-order valence-corrected chi connectivity index (χ0v) is 13.9. The number of allylic oxidation sites excluding steroid dienone is 2. The first-order valence-electron chi connectivity index (χ1n) is 6.33. The fourth-order valence-electron chi connectivity index (χ4n) is 2.24. The van der Waals surface area contributed by atoms with Crippen LogP contribution in [0.1, 0.15) is 26.7 Å². The Balaban J connectivity index is 2.36. The summed E-state index contributed by atoms with van der Waals surface area (Å²) >= 11 is 17.9. The molecule has 112 valence electrons. The van der Waals surface area contributed by atoms with Gasteiger partial charge in [-0.3, -0.25) is 9.79 Å². The van der Waals surface area contributed by atoms with Crippen molar-refractivity contribution in [3.05, 3.63) is 38.5 Å². The fraction of sp³-hybridized carbons (Fsp3) is 0.333. The topological polar surface area (TPSA) is 49.7 Å². The van der Waals surface area contributed by atoms with Crippen LogP contribution in [0.2, 0.25) is 15.1 Å². The maximum Gasteiger partial charge on any atom is 0.168 e. The monoisotopic (exact) mass is 345 g/mol. The lowest BCUT2D eigenvalue weighted by Crippen LogP contribution is -2.26.